The molecule has 0 saturated carbocycles. The molecule has 0 atom stereocenters. The van der Waals surface area contributed by atoms with E-state index in [0.717, 1.165) is 0 Å². The molecule has 0 bridgehead atoms. The van der Waals surface area contributed by atoms with Crippen molar-refractivity contribution in [3.63, 3.8) is 0 Å². The van der Waals surface area contributed by atoms with Crippen LogP contribution in [-0.4, -0.2) is 23.7 Å². The lowest BCUT2D eigenvalue weighted by Crippen LogP contribution is -2.00. The molecule has 0 aromatic carbocycles. The van der Waals surface area contributed by atoms with E-state index in [1.54, 1.807) is 0 Å². The molecule has 0 spiro atoms. The van der Waals surface area contributed by atoms with E-state index in [9.17, 15) is 0 Å². The van der Waals surface area contributed by atoms with E-state index >= 15 is 0 Å². The number of nitrogens with zero attached hydrogens (tertiary/aromatic N) is 2. The third kappa shape index (κ3) is 2.60. The second kappa shape index (κ2) is 5.44. The van der Waals surface area contributed by atoms with Crippen LogP contribution in [0.5, 0.6) is 11.6 Å². The first-order chi connectivity index (χ1) is 6.79. The fourth-order valence-corrected chi connectivity index (χ4v) is 1.04. The minimum Gasteiger partial charge on any atom is -0.489 e. The predicted octanol–water partition coefficient (Wildman–Crippen LogP) is 2.09. The molecule has 1 heterocycles. The van der Waals surface area contributed by atoms with Crippen molar-refractivity contribution in [1.29, 1.82) is 0 Å². The number of rotatable bonds is 4. The number of hydrogen-bond donors (Lipinski definition) is 0. The highest BCUT2D eigenvalue weighted by molar-refractivity contribution is 6.31. The lowest BCUT2D eigenvalue weighted by Gasteiger charge is -2.07. The summed E-state index contributed by atoms with van der Waals surface area (Å²) < 4.78 is 10.3. The van der Waals surface area contributed by atoms with Gasteiger partial charge >= 0.3 is 0 Å². The first-order valence-corrected chi connectivity index (χ1v) is 4.45. The maximum Gasteiger partial charge on any atom is 0.262 e. The Kier molecular flexibility index (Phi) is 4.19. The van der Waals surface area contributed by atoms with Crippen LogP contribution in [0.4, 0.5) is 0 Å². The van der Waals surface area contributed by atoms with Crippen LogP contribution in [0, 0.1) is 0 Å². The Bertz CT molecular complexity index is 329. The summed E-state index contributed by atoms with van der Waals surface area (Å²) in [7, 11) is 1.49. The Morgan fingerprint density at radius 2 is 2.29 bits per heavy atom. The first-order valence-electron chi connectivity index (χ1n) is 4.08. The van der Waals surface area contributed by atoms with Crippen molar-refractivity contribution in [3.8, 4) is 11.6 Å². The van der Waals surface area contributed by atoms with Crippen LogP contribution in [0.2, 0.25) is 5.15 Å². The van der Waals surface area contributed by atoms with Crippen LogP contribution in [0.3, 0.4) is 0 Å². The van der Waals surface area contributed by atoms with Gasteiger partial charge in [-0.2, -0.15) is 4.98 Å². The number of methoxy groups -OCH3 is 1. The second-order valence-electron chi connectivity index (χ2n) is 2.38. The Balaban J connectivity index is 2.79. The number of halogens is 1. The van der Waals surface area contributed by atoms with Crippen molar-refractivity contribution >= 4 is 11.6 Å². The van der Waals surface area contributed by atoms with E-state index in [-0.39, 0.29) is 5.15 Å². The fourth-order valence-electron chi connectivity index (χ4n) is 0.835. The van der Waals surface area contributed by atoms with Gasteiger partial charge in [0.2, 0.25) is 5.75 Å². The SMILES string of the molecule is C/C=C/COc1ncnc(Cl)c1OC. The summed E-state index contributed by atoms with van der Waals surface area (Å²) in [5.41, 5.74) is 0. The smallest absolute Gasteiger partial charge is 0.262 e. The van der Waals surface area contributed by atoms with Crippen molar-refractivity contribution in [1.82, 2.24) is 9.97 Å². The van der Waals surface area contributed by atoms with Crippen LogP contribution in [0.25, 0.3) is 0 Å². The van der Waals surface area contributed by atoms with Crippen LogP contribution in [0.15, 0.2) is 18.5 Å². The van der Waals surface area contributed by atoms with Gasteiger partial charge in [0.15, 0.2) is 5.15 Å². The van der Waals surface area contributed by atoms with Gasteiger partial charge in [-0.25, -0.2) is 4.98 Å². The molecule has 0 aliphatic heterocycles. The third-order valence-electron chi connectivity index (χ3n) is 1.48. The summed E-state index contributed by atoms with van der Waals surface area (Å²) >= 11 is 5.77. The average Bonchev–Trinajstić information content (AvgIpc) is 2.18. The average molecular weight is 215 g/mol. The molecule has 0 radical (unpaired) electrons. The standard InChI is InChI=1S/C9H11ClN2O2/c1-3-4-5-14-9-7(13-2)8(10)11-6-12-9/h3-4,6H,5H2,1-2H3/b4-3+. The predicted molar refractivity (Wildman–Crippen MR) is 53.9 cm³/mol. The van der Waals surface area contributed by atoms with Crippen LogP contribution in [0.1, 0.15) is 6.92 Å². The van der Waals surface area contributed by atoms with E-state index in [2.05, 4.69) is 9.97 Å². The molecule has 1 aromatic heterocycles. The molecule has 4 nitrogen and oxygen atoms in total. The van der Waals surface area contributed by atoms with Crippen LogP contribution >= 0.6 is 11.6 Å². The zero-order valence-electron chi connectivity index (χ0n) is 8.03. The lowest BCUT2D eigenvalue weighted by atomic mass is 10.5. The van der Waals surface area contributed by atoms with Crippen molar-refractivity contribution in [3.05, 3.63) is 23.6 Å². The summed E-state index contributed by atoms with van der Waals surface area (Å²) in [5, 5.41) is 0.248. The van der Waals surface area contributed by atoms with Gasteiger partial charge in [0.1, 0.15) is 12.9 Å². The van der Waals surface area contributed by atoms with Gasteiger partial charge in [0.05, 0.1) is 7.11 Å². The molecule has 5 heteroatoms. The third-order valence-corrected chi connectivity index (χ3v) is 1.75. The van der Waals surface area contributed by atoms with Crippen molar-refractivity contribution in [2.75, 3.05) is 13.7 Å². The molecule has 0 amide bonds. The lowest BCUT2D eigenvalue weighted by molar-refractivity contribution is 0.312. The summed E-state index contributed by atoms with van der Waals surface area (Å²) in [4.78, 5) is 7.68. The number of allylic oxidation sites excluding steroid dienone is 1. The van der Waals surface area contributed by atoms with Gasteiger partial charge in [0, 0.05) is 0 Å². The summed E-state index contributed by atoms with van der Waals surface area (Å²) in [6, 6.07) is 0. The topological polar surface area (TPSA) is 44.2 Å². The van der Waals surface area contributed by atoms with Gasteiger partial charge in [-0.3, -0.25) is 0 Å². The minimum atomic E-state index is 0.248. The van der Waals surface area contributed by atoms with Gasteiger partial charge < -0.3 is 9.47 Å². The van der Waals surface area contributed by atoms with Gasteiger partial charge in [-0.05, 0) is 6.92 Å². The molecule has 1 aromatic rings. The summed E-state index contributed by atoms with van der Waals surface area (Å²) in [5.74, 6) is 0.712. The number of hydrogen-bond acceptors (Lipinski definition) is 4. The summed E-state index contributed by atoms with van der Waals surface area (Å²) in [6.45, 7) is 2.34. The molecule has 0 fully saturated rings. The molecule has 76 valence electrons. The Hall–Kier alpha value is -1.29. The molecule has 0 aliphatic rings. The maximum absolute atomic E-state index is 5.77. The van der Waals surface area contributed by atoms with Gasteiger partial charge in [0.25, 0.3) is 5.88 Å². The quantitative estimate of drug-likeness (QED) is 0.569. The van der Waals surface area contributed by atoms with E-state index in [4.69, 9.17) is 21.1 Å². The Morgan fingerprint density at radius 3 is 2.93 bits per heavy atom. The van der Waals surface area contributed by atoms with Crippen molar-refractivity contribution in [2.24, 2.45) is 0 Å². The zero-order valence-corrected chi connectivity index (χ0v) is 8.78. The monoisotopic (exact) mass is 214 g/mol. The second-order valence-corrected chi connectivity index (χ2v) is 2.74. The minimum absolute atomic E-state index is 0.248. The van der Waals surface area contributed by atoms with E-state index in [1.165, 1.54) is 13.4 Å². The summed E-state index contributed by atoms with van der Waals surface area (Å²) in [6.07, 6.45) is 5.07. The van der Waals surface area contributed by atoms with E-state index in [0.29, 0.717) is 18.2 Å². The number of aromatic nitrogens is 2. The largest absolute Gasteiger partial charge is 0.489 e. The van der Waals surface area contributed by atoms with E-state index in [1.807, 2.05) is 19.1 Å². The molecular weight excluding hydrogens is 204 g/mol. The normalized spacial score (nSPS) is 10.5. The highest BCUT2D eigenvalue weighted by atomic mass is 35.5. The fraction of sp³-hybridized carbons (Fsp3) is 0.333. The molecule has 1 rings (SSSR count). The molecule has 0 unspecified atom stereocenters. The van der Waals surface area contributed by atoms with Crippen LogP contribution in [-0.2, 0) is 0 Å². The van der Waals surface area contributed by atoms with Crippen LogP contribution < -0.4 is 9.47 Å². The Labute approximate surface area is 87.5 Å². The van der Waals surface area contributed by atoms with Crippen molar-refractivity contribution in [2.45, 2.75) is 6.92 Å². The molecule has 0 saturated heterocycles. The Morgan fingerprint density at radius 1 is 1.50 bits per heavy atom. The highest BCUT2D eigenvalue weighted by Crippen LogP contribution is 2.30. The molecular formula is C9H11ClN2O2. The molecule has 14 heavy (non-hydrogen) atoms. The van der Waals surface area contributed by atoms with Gasteiger partial charge in [-0.1, -0.05) is 23.8 Å². The van der Waals surface area contributed by atoms with Gasteiger partial charge in [-0.15, -0.1) is 0 Å². The van der Waals surface area contributed by atoms with E-state index < -0.39 is 0 Å². The molecule has 0 N–H and O–H groups in total. The first kappa shape index (κ1) is 10.8. The number of ether oxygens (including phenoxy) is 2. The van der Waals surface area contributed by atoms with Crippen molar-refractivity contribution < 1.29 is 9.47 Å². The zero-order chi connectivity index (χ0) is 10.4. The maximum atomic E-state index is 5.77. The highest BCUT2D eigenvalue weighted by Gasteiger charge is 2.10. The molecule has 0 aliphatic carbocycles.